The van der Waals surface area contributed by atoms with Crippen molar-refractivity contribution < 1.29 is 9.59 Å². The van der Waals surface area contributed by atoms with Gasteiger partial charge in [-0.05, 0) is 37.6 Å². The normalized spacial score (nSPS) is 20.5. The van der Waals surface area contributed by atoms with Crippen LogP contribution in [0.5, 0.6) is 0 Å². The Balaban J connectivity index is 1.61. The van der Waals surface area contributed by atoms with Crippen molar-refractivity contribution in [2.24, 2.45) is 0 Å². The Kier molecular flexibility index (Phi) is 6.22. The van der Waals surface area contributed by atoms with Gasteiger partial charge < -0.3 is 15.5 Å². The highest BCUT2D eigenvalue weighted by molar-refractivity contribution is 5.79. The van der Waals surface area contributed by atoms with Crippen LogP contribution in [-0.2, 0) is 4.79 Å². The Morgan fingerprint density at radius 3 is 2.84 bits per heavy atom. The molecule has 0 bridgehead atoms. The minimum Gasteiger partial charge on any atom is -0.354 e. The van der Waals surface area contributed by atoms with Gasteiger partial charge in [0.2, 0.25) is 5.91 Å². The van der Waals surface area contributed by atoms with E-state index in [1.807, 2.05) is 12.3 Å². The molecule has 2 fully saturated rings. The van der Waals surface area contributed by atoms with Crippen LogP contribution in [0.3, 0.4) is 0 Å². The van der Waals surface area contributed by atoms with Crippen LogP contribution >= 0.6 is 0 Å². The van der Waals surface area contributed by atoms with E-state index in [0.29, 0.717) is 32.6 Å². The average Bonchev–Trinajstić information content (AvgIpc) is 2.88. The molecule has 0 aromatic carbocycles. The highest BCUT2D eigenvalue weighted by atomic mass is 16.2. The number of carbonyl (C=O) groups excluding carboxylic acids is 2. The number of pyridine rings is 1. The number of carbonyl (C=O) groups is 2. The fourth-order valence-electron chi connectivity index (χ4n) is 3.53. The topological polar surface area (TPSA) is 77.6 Å². The first-order chi connectivity index (χ1) is 12.2. The number of piperidine rings is 1. The van der Waals surface area contributed by atoms with Gasteiger partial charge in [0.05, 0.1) is 6.04 Å². The quantitative estimate of drug-likeness (QED) is 0.858. The molecule has 2 aliphatic rings. The van der Waals surface area contributed by atoms with Crippen LogP contribution in [0.4, 0.5) is 4.79 Å². The summed E-state index contributed by atoms with van der Waals surface area (Å²) >= 11 is 0. The molecule has 136 valence electrons. The molecule has 2 N–H and O–H groups in total. The number of nitrogens with one attached hydrogen (secondary N) is 2. The van der Waals surface area contributed by atoms with Gasteiger partial charge in [-0.25, -0.2) is 4.79 Å². The third kappa shape index (κ3) is 4.92. The molecule has 2 saturated heterocycles. The van der Waals surface area contributed by atoms with Gasteiger partial charge in [-0.2, -0.15) is 0 Å². The second-order valence-corrected chi connectivity index (χ2v) is 6.67. The summed E-state index contributed by atoms with van der Waals surface area (Å²) in [4.78, 5) is 32.3. The van der Waals surface area contributed by atoms with Crippen LogP contribution in [0.2, 0.25) is 0 Å². The van der Waals surface area contributed by atoms with Gasteiger partial charge in [-0.3, -0.25) is 14.7 Å². The Morgan fingerprint density at radius 1 is 1.24 bits per heavy atom. The lowest BCUT2D eigenvalue weighted by Crippen LogP contribution is -2.46. The van der Waals surface area contributed by atoms with Crippen LogP contribution < -0.4 is 10.6 Å². The third-order valence-electron chi connectivity index (χ3n) is 4.95. The van der Waals surface area contributed by atoms with Crippen molar-refractivity contribution in [1.82, 2.24) is 25.4 Å². The molecule has 1 unspecified atom stereocenters. The van der Waals surface area contributed by atoms with E-state index in [2.05, 4.69) is 26.6 Å². The summed E-state index contributed by atoms with van der Waals surface area (Å²) in [6, 6.07) is 4.07. The molecular formula is C18H27N5O2. The number of hydrogen-bond donors (Lipinski definition) is 2. The summed E-state index contributed by atoms with van der Waals surface area (Å²) in [5, 5.41) is 5.86. The molecule has 3 amide bonds. The van der Waals surface area contributed by atoms with Gasteiger partial charge in [0.15, 0.2) is 0 Å². The molecule has 1 atom stereocenters. The SMILES string of the molecule is O=C1CCN(C(=O)NCC(c2cccnc2)N2CCCCC2)CCN1. The van der Waals surface area contributed by atoms with E-state index >= 15 is 0 Å². The lowest BCUT2D eigenvalue weighted by molar-refractivity contribution is -0.120. The third-order valence-corrected chi connectivity index (χ3v) is 4.95. The molecule has 3 rings (SSSR count). The fraction of sp³-hybridized carbons (Fsp3) is 0.611. The summed E-state index contributed by atoms with van der Waals surface area (Å²) in [5.74, 6) is 0.0110. The first kappa shape index (κ1) is 17.7. The van der Waals surface area contributed by atoms with E-state index < -0.39 is 0 Å². The second-order valence-electron chi connectivity index (χ2n) is 6.67. The van der Waals surface area contributed by atoms with E-state index in [1.165, 1.54) is 19.3 Å². The van der Waals surface area contributed by atoms with Gasteiger partial charge in [0, 0.05) is 45.0 Å². The maximum absolute atomic E-state index is 12.5. The van der Waals surface area contributed by atoms with E-state index in [4.69, 9.17) is 0 Å². The second kappa shape index (κ2) is 8.80. The molecular weight excluding hydrogens is 318 g/mol. The van der Waals surface area contributed by atoms with Crippen molar-refractivity contribution in [2.75, 3.05) is 39.3 Å². The number of urea groups is 1. The van der Waals surface area contributed by atoms with Crippen LogP contribution in [-0.4, -0.2) is 66.0 Å². The van der Waals surface area contributed by atoms with Crippen LogP contribution in [0.25, 0.3) is 0 Å². The summed E-state index contributed by atoms with van der Waals surface area (Å²) in [7, 11) is 0. The van der Waals surface area contributed by atoms with Crippen LogP contribution in [0.1, 0.15) is 37.3 Å². The predicted octanol–water partition coefficient (Wildman–Crippen LogP) is 1.14. The minimum absolute atomic E-state index is 0.0110. The molecule has 1 aromatic heterocycles. The first-order valence-electron chi connectivity index (χ1n) is 9.17. The van der Waals surface area contributed by atoms with E-state index in [9.17, 15) is 9.59 Å². The predicted molar refractivity (Wildman–Crippen MR) is 95.0 cm³/mol. The van der Waals surface area contributed by atoms with Crippen molar-refractivity contribution in [3.05, 3.63) is 30.1 Å². The number of likely N-dealkylation sites (tertiary alicyclic amines) is 1. The molecule has 0 spiro atoms. The van der Waals surface area contributed by atoms with E-state index in [-0.39, 0.29) is 18.0 Å². The van der Waals surface area contributed by atoms with Gasteiger partial charge in [-0.1, -0.05) is 12.5 Å². The number of nitrogens with zero attached hydrogens (tertiary/aromatic N) is 3. The van der Waals surface area contributed by atoms with Crippen molar-refractivity contribution in [3.8, 4) is 0 Å². The highest BCUT2D eigenvalue weighted by Crippen LogP contribution is 2.23. The van der Waals surface area contributed by atoms with Crippen LogP contribution in [0, 0.1) is 0 Å². The molecule has 0 aliphatic carbocycles. The summed E-state index contributed by atoms with van der Waals surface area (Å²) in [6.07, 6.45) is 7.70. The van der Waals surface area contributed by atoms with Gasteiger partial charge in [-0.15, -0.1) is 0 Å². The molecule has 7 heteroatoms. The molecule has 0 radical (unpaired) electrons. The van der Waals surface area contributed by atoms with E-state index in [1.54, 1.807) is 11.1 Å². The molecule has 2 aliphatic heterocycles. The maximum Gasteiger partial charge on any atom is 0.317 e. The summed E-state index contributed by atoms with van der Waals surface area (Å²) < 4.78 is 0. The number of amides is 3. The lowest BCUT2D eigenvalue weighted by atomic mass is 10.0. The zero-order valence-electron chi connectivity index (χ0n) is 14.6. The Bertz CT molecular complexity index is 574. The smallest absolute Gasteiger partial charge is 0.317 e. The van der Waals surface area contributed by atoms with Gasteiger partial charge in [0.25, 0.3) is 0 Å². The minimum atomic E-state index is -0.0950. The molecule has 3 heterocycles. The molecule has 0 saturated carbocycles. The zero-order valence-corrected chi connectivity index (χ0v) is 14.6. The lowest BCUT2D eigenvalue weighted by Gasteiger charge is -2.35. The fourth-order valence-corrected chi connectivity index (χ4v) is 3.53. The number of hydrogen-bond acceptors (Lipinski definition) is 4. The molecule has 25 heavy (non-hydrogen) atoms. The Labute approximate surface area is 148 Å². The first-order valence-corrected chi connectivity index (χ1v) is 9.17. The van der Waals surface area contributed by atoms with Gasteiger partial charge in [0.1, 0.15) is 0 Å². The Hall–Kier alpha value is -2.15. The van der Waals surface area contributed by atoms with Crippen molar-refractivity contribution in [1.29, 1.82) is 0 Å². The largest absolute Gasteiger partial charge is 0.354 e. The van der Waals surface area contributed by atoms with Crippen molar-refractivity contribution in [3.63, 3.8) is 0 Å². The van der Waals surface area contributed by atoms with Crippen molar-refractivity contribution >= 4 is 11.9 Å². The highest BCUT2D eigenvalue weighted by Gasteiger charge is 2.24. The zero-order chi connectivity index (χ0) is 17.5. The van der Waals surface area contributed by atoms with Crippen molar-refractivity contribution in [2.45, 2.75) is 31.7 Å². The maximum atomic E-state index is 12.5. The Morgan fingerprint density at radius 2 is 2.08 bits per heavy atom. The standard InChI is InChI=1S/C18H27N5O2/c24-17-6-11-23(12-8-20-17)18(25)21-14-16(15-5-4-7-19-13-15)22-9-2-1-3-10-22/h4-5,7,13,16H,1-3,6,8-12,14H2,(H,20,24)(H,21,25). The van der Waals surface area contributed by atoms with Gasteiger partial charge >= 0.3 is 6.03 Å². The summed E-state index contributed by atoms with van der Waals surface area (Å²) in [6.45, 7) is 4.21. The monoisotopic (exact) mass is 345 g/mol. The summed E-state index contributed by atoms with van der Waals surface area (Å²) in [5.41, 5.74) is 1.14. The van der Waals surface area contributed by atoms with Crippen LogP contribution in [0.15, 0.2) is 24.5 Å². The molecule has 1 aromatic rings. The number of aromatic nitrogens is 1. The average molecular weight is 345 g/mol. The molecule has 7 nitrogen and oxygen atoms in total. The van der Waals surface area contributed by atoms with E-state index in [0.717, 1.165) is 18.7 Å². The number of rotatable bonds is 4.